The van der Waals surface area contributed by atoms with Crippen LogP contribution in [0.5, 0.6) is 5.75 Å². The minimum atomic E-state index is -0.400. The molecule has 1 atom stereocenters. The monoisotopic (exact) mass is 518 g/mol. The Morgan fingerprint density at radius 1 is 0.974 bits per heavy atom. The summed E-state index contributed by atoms with van der Waals surface area (Å²) in [5, 5.41) is 16.2. The van der Waals surface area contributed by atoms with Crippen molar-refractivity contribution in [3.63, 3.8) is 0 Å². The summed E-state index contributed by atoms with van der Waals surface area (Å²) in [5.41, 5.74) is 4.01. The Morgan fingerprint density at radius 3 is 2.51 bits per heavy atom. The molecule has 7 heteroatoms. The van der Waals surface area contributed by atoms with Crippen molar-refractivity contribution < 1.29 is 14.3 Å². The molecule has 196 valence electrons. The van der Waals surface area contributed by atoms with Gasteiger partial charge in [-0.2, -0.15) is 5.26 Å². The maximum Gasteiger partial charge on any atom is 0.255 e. The molecule has 1 unspecified atom stereocenters. The lowest BCUT2D eigenvalue weighted by atomic mass is 10.0. The van der Waals surface area contributed by atoms with E-state index in [1.807, 2.05) is 50.4 Å². The maximum absolute atomic E-state index is 13.5. The Hall–Kier alpha value is -5.01. The highest BCUT2D eigenvalue weighted by Gasteiger charge is 2.20. The first kappa shape index (κ1) is 27.0. The molecule has 39 heavy (non-hydrogen) atoms. The number of rotatable bonds is 8. The third-order valence-electron chi connectivity index (χ3n) is 6.14. The zero-order chi connectivity index (χ0) is 27.8. The van der Waals surface area contributed by atoms with Gasteiger partial charge in [-0.05, 0) is 62.2 Å². The number of para-hydroxylation sites is 1. The molecule has 3 N–H and O–H groups in total. The molecule has 4 aromatic rings. The van der Waals surface area contributed by atoms with Gasteiger partial charge < -0.3 is 20.4 Å². The van der Waals surface area contributed by atoms with Gasteiger partial charge in [0, 0.05) is 41.3 Å². The number of fused-ring (bicyclic) bond motifs is 1. The van der Waals surface area contributed by atoms with Crippen molar-refractivity contribution in [1.29, 1.82) is 5.26 Å². The molecule has 0 aliphatic heterocycles. The average Bonchev–Trinajstić information content (AvgIpc) is 3.34. The second-order valence-electron chi connectivity index (χ2n) is 9.35. The van der Waals surface area contributed by atoms with Crippen molar-refractivity contribution in [3.05, 3.63) is 101 Å². The molecule has 2 amide bonds. The van der Waals surface area contributed by atoms with Gasteiger partial charge in [-0.15, -0.1) is 0 Å². The first-order valence-corrected chi connectivity index (χ1v) is 12.8. The lowest BCUT2D eigenvalue weighted by molar-refractivity contribution is 0.0929. The summed E-state index contributed by atoms with van der Waals surface area (Å²) in [6, 6.07) is 22.0. The summed E-state index contributed by atoms with van der Waals surface area (Å²) >= 11 is 0. The zero-order valence-electron chi connectivity index (χ0n) is 22.2. The number of H-pyrrole nitrogens is 1. The fourth-order valence-corrected chi connectivity index (χ4v) is 4.32. The van der Waals surface area contributed by atoms with Crippen LogP contribution in [0.2, 0.25) is 0 Å². The molecule has 0 spiro atoms. The van der Waals surface area contributed by atoms with Crippen molar-refractivity contribution >= 4 is 22.7 Å². The molecule has 0 saturated heterocycles. The van der Waals surface area contributed by atoms with Crippen LogP contribution in [-0.2, 0) is 6.42 Å². The van der Waals surface area contributed by atoms with Crippen LogP contribution in [0.25, 0.3) is 10.9 Å². The van der Waals surface area contributed by atoms with Crippen LogP contribution >= 0.6 is 0 Å². The summed E-state index contributed by atoms with van der Waals surface area (Å²) < 4.78 is 5.92. The van der Waals surface area contributed by atoms with Crippen LogP contribution in [-0.4, -0.2) is 36.0 Å². The molecule has 0 bridgehead atoms. The van der Waals surface area contributed by atoms with Crippen LogP contribution in [0.15, 0.2) is 72.9 Å². The topological polar surface area (TPSA) is 107 Å². The van der Waals surface area contributed by atoms with Crippen molar-refractivity contribution in [1.82, 2.24) is 15.6 Å². The van der Waals surface area contributed by atoms with E-state index in [9.17, 15) is 14.9 Å². The average molecular weight is 519 g/mol. The maximum atomic E-state index is 13.5. The van der Waals surface area contributed by atoms with Crippen LogP contribution < -0.4 is 15.4 Å². The molecular formula is C32H30N4O3. The van der Waals surface area contributed by atoms with Crippen molar-refractivity contribution in [2.45, 2.75) is 38.8 Å². The van der Waals surface area contributed by atoms with Crippen LogP contribution in [0, 0.1) is 23.2 Å². The quantitative estimate of drug-likeness (QED) is 0.286. The van der Waals surface area contributed by atoms with Crippen LogP contribution in [0.1, 0.15) is 57.7 Å². The van der Waals surface area contributed by atoms with E-state index < -0.39 is 6.04 Å². The first-order chi connectivity index (χ1) is 18.9. The van der Waals surface area contributed by atoms with E-state index in [0.29, 0.717) is 34.4 Å². The van der Waals surface area contributed by atoms with Gasteiger partial charge in [0.05, 0.1) is 29.7 Å². The van der Waals surface area contributed by atoms with Gasteiger partial charge in [-0.3, -0.25) is 9.59 Å². The van der Waals surface area contributed by atoms with Gasteiger partial charge >= 0.3 is 0 Å². The highest BCUT2D eigenvalue weighted by atomic mass is 16.5. The first-order valence-electron chi connectivity index (χ1n) is 12.8. The number of ether oxygens (including phenoxy) is 1. The molecule has 0 aliphatic carbocycles. The molecule has 1 aromatic heterocycles. The van der Waals surface area contributed by atoms with Crippen molar-refractivity contribution in [2.75, 3.05) is 7.05 Å². The Balaban J connectivity index is 1.62. The Morgan fingerprint density at radius 2 is 1.74 bits per heavy atom. The van der Waals surface area contributed by atoms with Gasteiger partial charge in [0.25, 0.3) is 11.8 Å². The number of benzene rings is 3. The molecule has 3 aromatic carbocycles. The smallest absolute Gasteiger partial charge is 0.255 e. The van der Waals surface area contributed by atoms with Gasteiger partial charge in [-0.25, -0.2) is 0 Å². The van der Waals surface area contributed by atoms with Crippen molar-refractivity contribution in [2.24, 2.45) is 0 Å². The molecule has 4 rings (SSSR count). The third kappa shape index (κ3) is 6.66. The lowest BCUT2D eigenvalue weighted by Gasteiger charge is -2.19. The second-order valence-corrected chi connectivity index (χ2v) is 9.35. The van der Waals surface area contributed by atoms with Gasteiger partial charge in [-0.1, -0.05) is 42.2 Å². The highest BCUT2D eigenvalue weighted by molar-refractivity contribution is 5.98. The highest BCUT2D eigenvalue weighted by Crippen LogP contribution is 2.23. The molecule has 0 radical (unpaired) electrons. The number of amides is 2. The van der Waals surface area contributed by atoms with Crippen LogP contribution in [0.4, 0.5) is 0 Å². The van der Waals surface area contributed by atoms with E-state index in [4.69, 9.17) is 4.74 Å². The molecule has 0 aliphatic rings. The molecule has 0 fully saturated rings. The van der Waals surface area contributed by atoms with E-state index in [1.165, 1.54) is 0 Å². The van der Waals surface area contributed by atoms with Crippen LogP contribution in [0.3, 0.4) is 0 Å². The number of aromatic nitrogens is 1. The summed E-state index contributed by atoms with van der Waals surface area (Å²) in [5.74, 6) is 5.98. The molecule has 7 nitrogen and oxygen atoms in total. The number of aromatic amines is 1. The fraction of sp³-hybridized carbons (Fsp3) is 0.219. The predicted molar refractivity (Wildman–Crippen MR) is 152 cm³/mol. The summed E-state index contributed by atoms with van der Waals surface area (Å²) in [7, 11) is 1.57. The minimum Gasteiger partial charge on any atom is -0.490 e. The number of carbonyl (C=O) groups excluding carboxylic acids is 2. The number of carbonyl (C=O) groups is 2. The molecule has 1 heterocycles. The van der Waals surface area contributed by atoms with Gasteiger partial charge in [0.2, 0.25) is 0 Å². The summed E-state index contributed by atoms with van der Waals surface area (Å²) in [4.78, 5) is 29.0. The van der Waals surface area contributed by atoms with E-state index >= 15 is 0 Å². The number of hydrogen-bond donors (Lipinski definition) is 3. The standard InChI is InChI=1S/C32H30N4O3/c1-21(2)39-30-15-13-22(12-14-23-8-4-5-10-27(23)31(37)34-3)18-28(30)32(38)36-25(16-17-33)19-24-20-35-29-11-7-6-9-26(24)29/h4-11,13,15,18,20-21,25,35H,16,19H2,1-3H3,(H,34,37)(H,36,38). The van der Waals surface area contributed by atoms with E-state index in [0.717, 1.165) is 16.5 Å². The van der Waals surface area contributed by atoms with Gasteiger partial charge in [0.15, 0.2) is 0 Å². The molecular weight excluding hydrogens is 488 g/mol. The van der Waals surface area contributed by atoms with E-state index in [-0.39, 0.29) is 24.3 Å². The van der Waals surface area contributed by atoms with Gasteiger partial charge in [0.1, 0.15) is 5.75 Å². The number of nitrogens with zero attached hydrogens (tertiary/aromatic N) is 1. The zero-order valence-corrected chi connectivity index (χ0v) is 22.2. The molecule has 0 saturated carbocycles. The SMILES string of the molecule is CNC(=O)c1ccccc1C#Cc1ccc(OC(C)C)c(C(=O)NC(CC#N)Cc2c[nH]c3ccccc23)c1. The van der Waals surface area contributed by atoms with Crippen molar-refractivity contribution in [3.8, 4) is 23.7 Å². The fourth-order valence-electron chi connectivity index (χ4n) is 4.32. The Labute approximate surface area is 228 Å². The number of nitriles is 1. The normalized spacial score (nSPS) is 11.3. The lowest BCUT2D eigenvalue weighted by Crippen LogP contribution is -2.36. The Bertz CT molecular complexity index is 1600. The second kappa shape index (κ2) is 12.5. The largest absolute Gasteiger partial charge is 0.490 e. The number of nitrogens with one attached hydrogen (secondary N) is 3. The summed E-state index contributed by atoms with van der Waals surface area (Å²) in [6.07, 6.45) is 2.43. The number of hydrogen-bond acceptors (Lipinski definition) is 4. The third-order valence-corrected chi connectivity index (χ3v) is 6.14. The minimum absolute atomic E-state index is 0.144. The van der Waals surface area contributed by atoms with E-state index in [2.05, 4.69) is 33.5 Å². The Kier molecular flexibility index (Phi) is 8.66. The predicted octanol–water partition coefficient (Wildman–Crippen LogP) is 4.97. The summed E-state index contributed by atoms with van der Waals surface area (Å²) in [6.45, 7) is 3.78. The van der Waals surface area contributed by atoms with E-state index in [1.54, 1.807) is 43.4 Å².